The molecule has 3 aromatic heterocycles. The van der Waals surface area contributed by atoms with Gasteiger partial charge < -0.3 is 4.74 Å². The van der Waals surface area contributed by atoms with Crippen LogP contribution in [0, 0.1) is 6.92 Å². The van der Waals surface area contributed by atoms with E-state index in [0.29, 0.717) is 52.6 Å². The summed E-state index contributed by atoms with van der Waals surface area (Å²) in [4.78, 5) is 27.9. The van der Waals surface area contributed by atoms with E-state index in [0.717, 1.165) is 11.1 Å². The standard InChI is InChI=1S/C26H26N6O2/c1-16(2)19-11-9-18(10-12-19)15-27-32-24-22(26(33)31(13-14-34-4)17(3)28-24)23-25(32)30-21-8-6-5-7-20(21)29-23/h5-12,15-16H,13-14H2,1-4H3. The van der Waals surface area contributed by atoms with Crippen molar-refractivity contribution in [3.63, 3.8) is 0 Å². The summed E-state index contributed by atoms with van der Waals surface area (Å²) in [6.45, 7) is 6.95. The van der Waals surface area contributed by atoms with E-state index in [4.69, 9.17) is 24.8 Å². The summed E-state index contributed by atoms with van der Waals surface area (Å²) in [7, 11) is 1.61. The smallest absolute Gasteiger partial charge is 0.265 e. The number of rotatable bonds is 6. The Labute approximate surface area is 196 Å². The van der Waals surface area contributed by atoms with Gasteiger partial charge in [-0.25, -0.2) is 15.0 Å². The summed E-state index contributed by atoms with van der Waals surface area (Å²) in [5.41, 5.74) is 4.90. The number of ether oxygens (including phenoxy) is 1. The Morgan fingerprint density at radius 2 is 1.71 bits per heavy atom. The molecule has 0 aliphatic rings. The minimum Gasteiger partial charge on any atom is -0.383 e. The Morgan fingerprint density at radius 1 is 1.00 bits per heavy atom. The molecular formula is C26H26N6O2. The fraction of sp³-hybridized carbons (Fsp3) is 0.269. The quantitative estimate of drug-likeness (QED) is 0.358. The minimum absolute atomic E-state index is 0.177. The van der Waals surface area contributed by atoms with Gasteiger partial charge in [-0.2, -0.15) is 9.78 Å². The predicted octanol–water partition coefficient (Wildman–Crippen LogP) is 4.25. The third-order valence-electron chi connectivity index (χ3n) is 5.98. The van der Waals surface area contributed by atoms with Gasteiger partial charge in [0, 0.05) is 7.11 Å². The molecule has 0 radical (unpaired) electrons. The van der Waals surface area contributed by atoms with Gasteiger partial charge in [0.2, 0.25) is 0 Å². The molecule has 8 nitrogen and oxygen atoms in total. The highest BCUT2D eigenvalue weighted by atomic mass is 16.5. The van der Waals surface area contributed by atoms with Crippen LogP contribution in [-0.4, -0.2) is 44.1 Å². The number of methoxy groups -OCH3 is 1. The molecule has 5 aromatic rings. The Hall–Kier alpha value is -3.91. The number of benzene rings is 2. The van der Waals surface area contributed by atoms with Gasteiger partial charge in [0.25, 0.3) is 5.56 Å². The molecule has 0 aliphatic carbocycles. The molecule has 0 saturated carbocycles. The second-order valence-electron chi connectivity index (χ2n) is 8.57. The van der Waals surface area contributed by atoms with E-state index in [1.165, 1.54) is 5.56 Å². The minimum atomic E-state index is -0.177. The van der Waals surface area contributed by atoms with E-state index in [1.807, 2.05) is 43.3 Å². The van der Waals surface area contributed by atoms with Crippen LogP contribution >= 0.6 is 0 Å². The molecule has 0 saturated heterocycles. The molecule has 172 valence electrons. The molecule has 0 unspecified atom stereocenters. The van der Waals surface area contributed by atoms with Gasteiger partial charge in [0.05, 0.1) is 30.4 Å². The first-order valence-electron chi connectivity index (χ1n) is 11.3. The van der Waals surface area contributed by atoms with Gasteiger partial charge in [-0.05, 0) is 36.1 Å². The third kappa shape index (κ3) is 3.76. The maximum absolute atomic E-state index is 13.5. The van der Waals surface area contributed by atoms with Crippen molar-refractivity contribution >= 4 is 39.4 Å². The summed E-state index contributed by atoms with van der Waals surface area (Å²) >= 11 is 0. The molecule has 5 rings (SSSR count). The van der Waals surface area contributed by atoms with Crippen LogP contribution in [0.4, 0.5) is 0 Å². The molecule has 3 heterocycles. The number of nitrogens with zero attached hydrogens (tertiary/aromatic N) is 6. The van der Waals surface area contributed by atoms with Gasteiger partial charge in [-0.15, -0.1) is 0 Å². The van der Waals surface area contributed by atoms with Crippen LogP contribution < -0.4 is 5.56 Å². The predicted molar refractivity (Wildman–Crippen MR) is 135 cm³/mol. The molecule has 2 aromatic carbocycles. The highest BCUT2D eigenvalue weighted by Gasteiger charge is 2.21. The van der Waals surface area contributed by atoms with E-state index in [-0.39, 0.29) is 5.56 Å². The lowest BCUT2D eigenvalue weighted by atomic mass is 10.0. The van der Waals surface area contributed by atoms with E-state index in [1.54, 1.807) is 22.6 Å². The normalized spacial score (nSPS) is 12.1. The fourth-order valence-electron chi connectivity index (χ4n) is 4.06. The lowest BCUT2D eigenvalue weighted by Crippen LogP contribution is -2.25. The molecule has 0 fully saturated rings. The molecule has 0 atom stereocenters. The van der Waals surface area contributed by atoms with Crippen molar-refractivity contribution in [3.8, 4) is 0 Å². The first kappa shape index (κ1) is 21.9. The van der Waals surface area contributed by atoms with Crippen molar-refractivity contribution in [2.24, 2.45) is 5.10 Å². The maximum Gasteiger partial charge on any atom is 0.265 e. The zero-order valence-electron chi connectivity index (χ0n) is 19.7. The van der Waals surface area contributed by atoms with Crippen molar-refractivity contribution in [2.75, 3.05) is 13.7 Å². The first-order chi connectivity index (χ1) is 16.5. The highest BCUT2D eigenvalue weighted by molar-refractivity contribution is 6.05. The maximum atomic E-state index is 13.5. The number of aryl methyl sites for hydroxylation is 1. The molecule has 0 amide bonds. The van der Waals surface area contributed by atoms with Gasteiger partial charge >= 0.3 is 0 Å². The summed E-state index contributed by atoms with van der Waals surface area (Å²) in [6, 6.07) is 15.9. The number of hydrogen-bond donors (Lipinski definition) is 0. The van der Waals surface area contributed by atoms with Crippen LogP contribution in [-0.2, 0) is 11.3 Å². The second kappa shape index (κ2) is 8.79. The molecule has 0 bridgehead atoms. The van der Waals surface area contributed by atoms with Crippen LogP contribution in [0.1, 0.15) is 36.7 Å². The topological polar surface area (TPSA) is 87.2 Å². The molecule has 8 heteroatoms. The number of para-hydroxylation sites is 2. The Bertz CT molecular complexity index is 1600. The van der Waals surface area contributed by atoms with E-state index < -0.39 is 0 Å². The average Bonchev–Trinajstić information content (AvgIpc) is 3.13. The average molecular weight is 455 g/mol. The van der Waals surface area contributed by atoms with Crippen molar-refractivity contribution in [2.45, 2.75) is 33.2 Å². The molecular weight excluding hydrogens is 428 g/mol. The van der Waals surface area contributed by atoms with Crippen LogP contribution in [0.2, 0.25) is 0 Å². The van der Waals surface area contributed by atoms with E-state index >= 15 is 0 Å². The Morgan fingerprint density at radius 3 is 2.38 bits per heavy atom. The van der Waals surface area contributed by atoms with Gasteiger partial charge in [0.1, 0.15) is 16.7 Å². The number of hydrogen-bond acceptors (Lipinski definition) is 6. The van der Waals surface area contributed by atoms with Crippen molar-refractivity contribution in [1.29, 1.82) is 0 Å². The second-order valence-corrected chi connectivity index (χ2v) is 8.57. The van der Waals surface area contributed by atoms with Gasteiger partial charge in [-0.1, -0.05) is 50.2 Å². The number of aromatic nitrogens is 5. The highest BCUT2D eigenvalue weighted by Crippen LogP contribution is 2.25. The lowest BCUT2D eigenvalue weighted by Gasteiger charge is -2.09. The van der Waals surface area contributed by atoms with E-state index in [9.17, 15) is 4.79 Å². The van der Waals surface area contributed by atoms with Gasteiger partial charge in [-0.3, -0.25) is 9.36 Å². The van der Waals surface area contributed by atoms with Crippen LogP contribution in [0.15, 0.2) is 58.4 Å². The van der Waals surface area contributed by atoms with Crippen molar-refractivity contribution in [1.82, 2.24) is 24.2 Å². The SMILES string of the molecule is COCCn1c(C)nc2c(c1=O)c1nc3ccccc3nc1n2N=Cc1ccc(C(C)C)cc1. The Balaban J connectivity index is 1.76. The largest absolute Gasteiger partial charge is 0.383 e. The summed E-state index contributed by atoms with van der Waals surface area (Å²) in [5, 5.41) is 5.11. The summed E-state index contributed by atoms with van der Waals surface area (Å²) in [6.07, 6.45) is 1.76. The van der Waals surface area contributed by atoms with Crippen molar-refractivity contribution < 1.29 is 4.74 Å². The zero-order chi connectivity index (χ0) is 23.8. The van der Waals surface area contributed by atoms with Crippen molar-refractivity contribution in [3.05, 3.63) is 75.8 Å². The lowest BCUT2D eigenvalue weighted by molar-refractivity contribution is 0.185. The van der Waals surface area contributed by atoms with Crippen LogP contribution in [0.25, 0.3) is 33.2 Å². The summed E-state index contributed by atoms with van der Waals surface area (Å²) in [5.74, 6) is 1.04. The molecule has 0 N–H and O–H groups in total. The first-order valence-corrected chi connectivity index (χ1v) is 11.3. The molecule has 0 aliphatic heterocycles. The molecule has 0 spiro atoms. The fourth-order valence-corrected chi connectivity index (χ4v) is 4.06. The Kier molecular flexibility index (Phi) is 5.67. The monoisotopic (exact) mass is 454 g/mol. The van der Waals surface area contributed by atoms with Crippen LogP contribution in [0.5, 0.6) is 0 Å². The molecule has 34 heavy (non-hydrogen) atoms. The van der Waals surface area contributed by atoms with E-state index in [2.05, 4.69) is 26.0 Å². The van der Waals surface area contributed by atoms with Gasteiger partial charge in [0.15, 0.2) is 11.3 Å². The van der Waals surface area contributed by atoms with Crippen LogP contribution in [0.3, 0.4) is 0 Å². The third-order valence-corrected chi connectivity index (χ3v) is 5.98. The zero-order valence-corrected chi connectivity index (χ0v) is 19.7. The number of fused-ring (bicyclic) bond motifs is 4. The summed E-state index contributed by atoms with van der Waals surface area (Å²) < 4.78 is 8.42.